The highest BCUT2D eigenvalue weighted by Crippen LogP contribution is 2.29. The van der Waals surface area contributed by atoms with Crippen LogP contribution in [0.2, 0.25) is 0 Å². The molecule has 0 amide bonds. The van der Waals surface area contributed by atoms with Gasteiger partial charge in [-0.1, -0.05) is 0 Å². The first kappa shape index (κ1) is 11.4. The Bertz CT molecular complexity index is 211. The van der Waals surface area contributed by atoms with Crippen LogP contribution in [0.4, 0.5) is 13.2 Å². The third-order valence-corrected chi connectivity index (χ3v) is 2.01. The van der Waals surface area contributed by atoms with E-state index >= 15 is 0 Å². The van der Waals surface area contributed by atoms with Crippen molar-refractivity contribution >= 4 is 0 Å². The first-order valence-electron chi connectivity index (χ1n) is 4.40. The first-order valence-corrected chi connectivity index (χ1v) is 4.40. The number of ether oxygens (including phenoxy) is 2. The molecule has 1 rings (SSSR count). The molecule has 0 N–H and O–H groups in total. The van der Waals surface area contributed by atoms with Crippen LogP contribution in [0.15, 0.2) is 11.8 Å². The zero-order valence-electron chi connectivity index (χ0n) is 7.93. The number of hydrogen-bond donors (Lipinski definition) is 0. The molecule has 0 aliphatic carbocycles. The van der Waals surface area contributed by atoms with Gasteiger partial charge in [0.15, 0.2) is 0 Å². The zero-order valence-corrected chi connectivity index (χ0v) is 7.93. The van der Waals surface area contributed by atoms with Crippen LogP contribution in [-0.2, 0) is 9.47 Å². The molecule has 0 aromatic rings. The molecule has 1 atom stereocenters. The van der Waals surface area contributed by atoms with E-state index in [-0.39, 0.29) is 0 Å². The van der Waals surface area contributed by atoms with Crippen LogP contribution in [0.3, 0.4) is 0 Å². The zero-order chi connectivity index (χ0) is 10.6. The van der Waals surface area contributed by atoms with Gasteiger partial charge < -0.3 is 9.47 Å². The van der Waals surface area contributed by atoms with E-state index in [1.54, 1.807) is 0 Å². The Balaban J connectivity index is 2.44. The Morgan fingerprint density at radius 1 is 1.57 bits per heavy atom. The van der Waals surface area contributed by atoms with Crippen molar-refractivity contribution in [2.24, 2.45) is 0 Å². The second-order valence-corrected chi connectivity index (χ2v) is 3.28. The molecule has 5 heteroatoms. The average Bonchev–Trinajstić information content (AvgIpc) is 2.02. The second kappa shape index (κ2) is 4.68. The summed E-state index contributed by atoms with van der Waals surface area (Å²) in [4.78, 5) is 0. The highest BCUT2D eigenvalue weighted by atomic mass is 19.4. The predicted molar refractivity (Wildman–Crippen MR) is 44.7 cm³/mol. The Morgan fingerprint density at radius 3 is 2.86 bits per heavy atom. The molecule has 82 valence electrons. The summed E-state index contributed by atoms with van der Waals surface area (Å²) in [5.41, 5.74) is 0.882. The number of alkyl halides is 3. The Labute approximate surface area is 80.7 Å². The van der Waals surface area contributed by atoms with Gasteiger partial charge in [0, 0.05) is 0 Å². The van der Waals surface area contributed by atoms with Gasteiger partial charge in [-0.2, -0.15) is 13.2 Å². The number of methoxy groups -OCH3 is 1. The summed E-state index contributed by atoms with van der Waals surface area (Å²) in [5.74, 6) is 0. The minimum Gasteiger partial charge on any atom is -0.504 e. The van der Waals surface area contributed by atoms with Gasteiger partial charge in [0.05, 0.1) is 32.5 Å². The SMILES string of the molecule is CO/C=C1\CCO[C@H](CC(F)(F)F)C1. The fraction of sp³-hybridized carbons (Fsp3) is 0.778. The van der Waals surface area contributed by atoms with E-state index in [9.17, 15) is 13.2 Å². The third kappa shape index (κ3) is 4.00. The molecule has 0 radical (unpaired) electrons. The van der Waals surface area contributed by atoms with Crippen molar-refractivity contribution in [3.8, 4) is 0 Å². The summed E-state index contributed by atoms with van der Waals surface area (Å²) >= 11 is 0. The van der Waals surface area contributed by atoms with E-state index in [1.807, 2.05) is 0 Å². The molecule has 1 heterocycles. The monoisotopic (exact) mass is 210 g/mol. The van der Waals surface area contributed by atoms with Crippen molar-refractivity contribution in [1.82, 2.24) is 0 Å². The Morgan fingerprint density at radius 2 is 2.29 bits per heavy atom. The summed E-state index contributed by atoms with van der Waals surface area (Å²) in [7, 11) is 1.49. The van der Waals surface area contributed by atoms with E-state index in [0.29, 0.717) is 19.4 Å². The maximum absolute atomic E-state index is 12.0. The summed E-state index contributed by atoms with van der Waals surface area (Å²) in [6.07, 6.45) is -3.31. The number of hydrogen-bond acceptors (Lipinski definition) is 2. The summed E-state index contributed by atoms with van der Waals surface area (Å²) < 4.78 is 45.8. The van der Waals surface area contributed by atoms with Crippen molar-refractivity contribution in [2.75, 3.05) is 13.7 Å². The predicted octanol–water partition coefficient (Wildman–Crippen LogP) is 2.65. The van der Waals surface area contributed by atoms with Crippen LogP contribution in [0, 0.1) is 0 Å². The fourth-order valence-corrected chi connectivity index (χ4v) is 1.47. The van der Waals surface area contributed by atoms with Crippen molar-refractivity contribution in [1.29, 1.82) is 0 Å². The van der Waals surface area contributed by atoms with Crippen molar-refractivity contribution < 1.29 is 22.6 Å². The van der Waals surface area contributed by atoms with Crippen LogP contribution in [0.25, 0.3) is 0 Å². The summed E-state index contributed by atoms with van der Waals surface area (Å²) in [6.45, 7) is 0.343. The molecule has 0 aromatic carbocycles. The third-order valence-electron chi connectivity index (χ3n) is 2.01. The van der Waals surface area contributed by atoms with Crippen LogP contribution < -0.4 is 0 Å². The van der Waals surface area contributed by atoms with Crippen molar-refractivity contribution in [3.05, 3.63) is 11.8 Å². The lowest BCUT2D eigenvalue weighted by Crippen LogP contribution is -2.27. The van der Waals surface area contributed by atoms with E-state index in [2.05, 4.69) is 0 Å². The molecule has 2 nitrogen and oxygen atoms in total. The lowest BCUT2D eigenvalue weighted by atomic mass is 10.0. The largest absolute Gasteiger partial charge is 0.504 e. The standard InChI is InChI=1S/C9H13F3O2/c1-13-6-7-2-3-14-8(4-7)5-9(10,11)12/h6,8H,2-5H2,1H3/b7-6+/t8-/m0/s1. The molecule has 0 saturated carbocycles. The van der Waals surface area contributed by atoms with E-state index in [0.717, 1.165) is 5.57 Å². The van der Waals surface area contributed by atoms with Gasteiger partial charge in [-0.05, 0) is 18.4 Å². The maximum atomic E-state index is 12.0. The number of halogens is 3. The van der Waals surface area contributed by atoms with Crippen molar-refractivity contribution in [3.63, 3.8) is 0 Å². The van der Waals surface area contributed by atoms with Crippen LogP contribution in [-0.4, -0.2) is 26.0 Å². The smallest absolute Gasteiger partial charge is 0.391 e. The van der Waals surface area contributed by atoms with E-state index < -0.39 is 18.7 Å². The van der Waals surface area contributed by atoms with Gasteiger partial charge in [0.2, 0.25) is 0 Å². The molecule has 0 spiro atoms. The highest BCUT2D eigenvalue weighted by Gasteiger charge is 2.34. The molecule has 1 saturated heterocycles. The molecule has 0 unspecified atom stereocenters. The quantitative estimate of drug-likeness (QED) is 0.652. The van der Waals surface area contributed by atoms with E-state index in [4.69, 9.17) is 9.47 Å². The normalized spacial score (nSPS) is 26.6. The van der Waals surface area contributed by atoms with Crippen LogP contribution >= 0.6 is 0 Å². The van der Waals surface area contributed by atoms with Gasteiger partial charge >= 0.3 is 6.18 Å². The lowest BCUT2D eigenvalue weighted by molar-refractivity contribution is -0.162. The fourth-order valence-electron chi connectivity index (χ4n) is 1.47. The first-order chi connectivity index (χ1) is 6.51. The molecule has 1 aliphatic heterocycles. The van der Waals surface area contributed by atoms with Crippen molar-refractivity contribution in [2.45, 2.75) is 31.5 Å². The lowest BCUT2D eigenvalue weighted by Gasteiger charge is -2.25. The number of rotatable bonds is 2. The minimum atomic E-state index is -4.15. The van der Waals surface area contributed by atoms with E-state index in [1.165, 1.54) is 13.4 Å². The molecule has 1 aliphatic rings. The topological polar surface area (TPSA) is 18.5 Å². The second-order valence-electron chi connectivity index (χ2n) is 3.28. The van der Waals surface area contributed by atoms with Gasteiger partial charge in [0.1, 0.15) is 0 Å². The molecule has 1 fully saturated rings. The maximum Gasteiger partial charge on any atom is 0.391 e. The van der Waals surface area contributed by atoms with Crippen LogP contribution in [0.1, 0.15) is 19.3 Å². The highest BCUT2D eigenvalue weighted by molar-refractivity contribution is 5.02. The van der Waals surface area contributed by atoms with Gasteiger partial charge in [-0.25, -0.2) is 0 Å². The Kier molecular flexibility index (Phi) is 3.80. The average molecular weight is 210 g/mol. The minimum absolute atomic E-state index is 0.313. The summed E-state index contributed by atoms with van der Waals surface area (Å²) in [5, 5.41) is 0. The molecular formula is C9H13F3O2. The Hall–Kier alpha value is -0.710. The molecule has 0 aromatic heterocycles. The van der Waals surface area contributed by atoms with Gasteiger partial charge in [0.25, 0.3) is 0 Å². The van der Waals surface area contributed by atoms with Gasteiger partial charge in [-0.15, -0.1) is 0 Å². The molecule has 14 heavy (non-hydrogen) atoms. The van der Waals surface area contributed by atoms with Gasteiger partial charge in [-0.3, -0.25) is 0 Å². The summed E-state index contributed by atoms with van der Waals surface area (Å²) in [6, 6.07) is 0. The van der Waals surface area contributed by atoms with Crippen LogP contribution in [0.5, 0.6) is 0 Å². The molecular weight excluding hydrogens is 197 g/mol. The molecule has 0 bridgehead atoms.